The summed E-state index contributed by atoms with van der Waals surface area (Å²) in [7, 11) is 0. The van der Waals surface area contributed by atoms with Crippen molar-refractivity contribution in [1.29, 1.82) is 0 Å². The third-order valence-corrected chi connectivity index (χ3v) is 2.85. The maximum atomic E-state index is 10.6. The Morgan fingerprint density at radius 3 is 2.30 bits per heavy atom. The van der Waals surface area contributed by atoms with Gasteiger partial charge in [-0.2, -0.15) is 0 Å². The molecular weight excluding hydrogens is 300 g/mol. The van der Waals surface area contributed by atoms with Gasteiger partial charge in [0.25, 0.3) is 0 Å². The van der Waals surface area contributed by atoms with E-state index < -0.39 is 18.2 Å². The number of carboxylic acids is 1. The smallest absolute Gasteiger partial charge is 0.333 e. The van der Waals surface area contributed by atoms with Crippen LogP contribution in [0.4, 0.5) is 0 Å². The molecule has 0 spiro atoms. The van der Waals surface area contributed by atoms with Crippen LogP contribution in [-0.4, -0.2) is 35.0 Å². The molecule has 0 bridgehead atoms. The van der Waals surface area contributed by atoms with Crippen molar-refractivity contribution in [3.05, 3.63) is 23.3 Å². The molecule has 0 fully saturated rings. The van der Waals surface area contributed by atoms with Gasteiger partial charge in [-0.25, -0.2) is 4.79 Å². The first-order valence-electron chi connectivity index (χ1n) is 7.32. The minimum Gasteiger partial charge on any atom is -0.481 e. The molecule has 0 saturated heterocycles. The topological polar surface area (TPSA) is 145 Å². The lowest BCUT2D eigenvalue weighted by molar-refractivity contribution is -0.151. The van der Waals surface area contributed by atoms with Crippen LogP contribution in [0.5, 0.6) is 0 Å². The quantitative estimate of drug-likeness (QED) is 0.545. The molecule has 0 aromatic rings. The number of nitrogens with two attached hydrogens (primary N) is 1. The molecular formula is C16H30N2O5. The summed E-state index contributed by atoms with van der Waals surface area (Å²) in [5, 5.41) is 17.5. The molecule has 7 heteroatoms. The number of aliphatic hydroxyl groups excluding tert-OH is 1. The van der Waals surface area contributed by atoms with E-state index in [9.17, 15) is 9.59 Å². The molecule has 23 heavy (non-hydrogen) atoms. The van der Waals surface area contributed by atoms with Gasteiger partial charge in [-0.05, 0) is 38.6 Å². The zero-order valence-corrected chi connectivity index (χ0v) is 14.4. The number of carboxylic acid groups (broad SMARTS) is 1. The average Bonchev–Trinajstić information content (AvgIpc) is 2.65. The van der Waals surface area contributed by atoms with Crippen LogP contribution >= 0.6 is 0 Å². The number of rotatable bonds is 6. The van der Waals surface area contributed by atoms with Crippen molar-refractivity contribution in [2.24, 2.45) is 17.6 Å². The van der Waals surface area contributed by atoms with Crippen LogP contribution in [-0.2, 0) is 14.3 Å². The number of carbonyl (C=O) groups is 2. The summed E-state index contributed by atoms with van der Waals surface area (Å²) in [5.41, 5.74) is 6.95. The first kappa shape index (κ1) is 23.6. The predicted molar refractivity (Wildman–Crippen MR) is 88.9 cm³/mol. The Bertz CT molecular complexity index is 440. The third-order valence-electron chi connectivity index (χ3n) is 2.85. The number of cyclic esters (lactones) is 1. The van der Waals surface area contributed by atoms with Crippen LogP contribution in [0.1, 0.15) is 40.5 Å². The standard InChI is InChI=1S/C8H17NO2.C8H10O3.H3N/c1-6(2)3-7(5-9)4-8(10)11;1-5(2)3-6-4-7(9)11-8(6)10;/h6-7H,3-5,9H2,1-2H3,(H,10,11);3-4,8,10H,1-2H3;1H3. The highest BCUT2D eigenvalue weighted by atomic mass is 16.6. The van der Waals surface area contributed by atoms with Gasteiger partial charge in [0.1, 0.15) is 0 Å². The van der Waals surface area contributed by atoms with E-state index in [1.807, 2.05) is 13.8 Å². The van der Waals surface area contributed by atoms with Gasteiger partial charge in [-0.15, -0.1) is 0 Å². The van der Waals surface area contributed by atoms with Gasteiger partial charge >= 0.3 is 11.9 Å². The van der Waals surface area contributed by atoms with Crippen molar-refractivity contribution >= 4 is 11.9 Å². The monoisotopic (exact) mass is 330 g/mol. The predicted octanol–water partition coefficient (Wildman–Crippen LogP) is 2.00. The zero-order valence-electron chi connectivity index (χ0n) is 14.4. The summed E-state index contributed by atoms with van der Waals surface area (Å²) < 4.78 is 4.45. The minimum atomic E-state index is -1.07. The Kier molecular flexibility index (Phi) is 12.1. The fraction of sp³-hybridized carbons (Fsp3) is 0.625. The Balaban J connectivity index is 0. The van der Waals surface area contributed by atoms with Crippen LogP contribution in [0.3, 0.4) is 0 Å². The van der Waals surface area contributed by atoms with Gasteiger partial charge in [-0.1, -0.05) is 25.5 Å². The first-order valence-corrected chi connectivity index (χ1v) is 7.32. The number of carbonyl (C=O) groups excluding carboxylic acids is 1. The number of ether oxygens (including phenoxy) is 1. The summed E-state index contributed by atoms with van der Waals surface area (Å²) in [4.78, 5) is 20.9. The van der Waals surface area contributed by atoms with Crippen LogP contribution in [0.2, 0.25) is 0 Å². The summed E-state index contributed by atoms with van der Waals surface area (Å²) in [6.07, 6.45) is 3.04. The van der Waals surface area contributed by atoms with Crippen molar-refractivity contribution in [3.63, 3.8) is 0 Å². The van der Waals surface area contributed by atoms with E-state index in [0.717, 1.165) is 12.0 Å². The molecule has 1 aliphatic heterocycles. The molecule has 134 valence electrons. The van der Waals surface area contributed by atoms with Gasteiger partial charge in [0, 0.05) is 18.1 Å². The summed E-state index contributed by atoms with van der Waals surface area (Å²) in [6.45, 7) is 8.40. The lowest BCUT2D eigenvalue weighted by atomic mass is 9.94. The summed E-state index contributed by atoms with van der Waals surface area (Å²) in [6, 6.07) is 0. The SMILES string of the molecule is CC(C)=CC1=CC(=O)OC1O.CC(C)CC(CN)CC(=O)O.N. The summed E-state index contributed by atoms with van der Waals surface area (Å²) in [5.74, 6) is -0.554. The Labute approximate surface area is 137 Å². The zero-order chi connectivity index (χ0) is 17.3. The number of aliphatic carboxylic acids is 1. The lowest BCUT2D eigenvalue weighted by Crippen LogP contribution is -2.19. The Hall–Kier alpha value is -1.70. The van der Waals surface area contributed by atoms with E-state index in [1.54, 1.807) is 6.08 Å². The molecule has 0 aromatic heterocycles. The molecule has 0 radical (unpaired) electrons. The van der Waals surface area contributed by atoms with Crippen molar-refractivity contribution in [2.75, 3.05) is 6.54 Å². The molecule has 7 nitrogen and oxygen atoms in total. The fourth-order valence-corrected chi connectivity index (χ4v) is 2.04. The van der Waals surface area contributed by atoms with E-state index in [4.69, 9.17) is 15.9 Å². The van der Waals surface area contributed by atoms with E-state index in [1.165, 1.54) is 6.08 Å². The normalized spacial score (nSPS) is 17.3. The number of hydrogen-bond acceptors (Lipinski definition) is 6. The minimum absolute atomic E-state index is 0. The van der Waals surface area contributed by atoms with Gasteiger partial charge in [0.2, 0.25) is 6.29 Å². The van der Waals surface area contributed by atoms with Crippen LogP contribution < -0.4 is 11.9 Å². The Morgan fingerprint density at radius 1 is 1.43 bits per heavy atom. The molecule has 1 heterocycles. The van der Waals surface area contributed by atoms with Crippen LogP contribution in [0.15, 0.2) is 23.3 Å². The van der Waals surface area contributed by atoms with Crippen molar-refractivity contribution < 1.29 is 24.5 Å². The van der Waals surface area contributed by atoms with Crippen LogP contribution in [0.25, 0.3) is 0 Å². The van der Waals surface area contributed by atoms with Crippen LogP contribution in [0, 0.1) is 11.8 Å². The molecule has 1 aliphatic rings. The van der Waals surface area contributed by atoms with E-state index >= 15 is 0 Å². The number of esters is 1. The van der Waals surface area contributed by atoms with Crippen molar-refractivity contribution in [2.45, 2.75) is 46.8 Å². The number of allylic oxidation sites excluding steroid dienone is 1. The molecule has 0 amide bonds. The summed E-state index contributed by atoms with van der Waals surface area (Å²) >= 11 is 0. The second-order valence-electron chi connectivity index (χ2n) is 5.98. The molecule has 0 aliphatic carbocycles. The Morgan fingerprint density at radius 2 is 2.00 bits per heavy atom. The van der Waals surface area contributed by atoms with E-state index in [-0.39, 0.29) is 18.5 Å². The number of hydrogen-bond donors (Lipinski definition) is 4. The first-order chi connectivity index (χ1) is 10.1. The largest absolute Gasteiger partial charge is 0.481 e. The maximum absolute atomic E-state index is 10.6. The average molecular weight is 330 g/mol. The molecule has 2 atom stereocenters. The number of aliphatic hydroxyl groups is 1. The van der Waals surface area contributed by atoms with Crippen molar-refractivity contribution in [1.82, 2.24) is 6.15 Å². The van der Waals surface area contributed by atoms with E-state index in [2.05, 4.69) is 18.6 Å². The van der Waals surface area contributed by atoms with E-state index in [0.29, 0.717) is 18.0 Å². The lowest BCUT2D eigenvalue weighted by Gasteiger charge is -2.13. The highest BCUT2D eigenvalue weighted by Crippen LogP contribution is 2.15. The van der Waals surface area contributed by atoms with Gasteiger partial charge in [0.05, 0.1) is 0 Å². The second kappa shape index (κ2) is 11.8. The highest BCUT2D eigenvalue weighted by Gasteiger charge is 2.21. The molecule has 0 saturated carbocycles. The van der Waals surface area contributed by atoms with Crippen molar-refractivity contribution in [3.8, 4) is 0 Å². The molecule has 7 N–H and O–H groups in total. The highest BCUT2D eigenvalue weighted by molar-refractivity contribution is 5.86. The molecule has 2 unspecified atom stereocenters. The third kappa shape index (κ3) is 11.5. The maximum Gasteiger partial charge on any atom is 0.333 e. The van der Waals surface area contributed by atoms with Gasteiger partial charge in [-0.3, -0.25) is 4.79 Å². The second-order valence-corrected chi connectivity index (χ2v) is 5.98. The fourth-order valence-electron chi connectivity index (χ4n) is 2.04. The molecule has 1 rings (SSSR count). The van der Waals surface area contributed by atoms with Gasteiger partial charge < -0.3 is 26.8 Å². The van der Waals surface area contributed by atoms with Gasteiger partial charge in [0.15, 0.2) is 0 Å². The molecule has 0 aromatic carbocycles.